The largest absolute Gasteiger partial charge is 0.329 e. The van der Waals surface area contributed by atoms with Gasteiger partial charge >= 0.3 is 0 Å². The zero-order valence-corrected chi connectivity index (χ0v) is 11.8. The molecule has 6 heteroatoms. The molecule has 1 heterocycles. The maximum atomic E-state index is 10.9. The van der Waals surface area contributed by atoms with E-state index in [1.165, 1.54) is 6.07 Å². The Labute approximate surface area is 119 Å². The molecule has 1 saturated heterocycles. The highest BCUT2D eigenvalue weighted by Crippen LogP contribution is 2.23. The third-order valence-electron chi connectivity index (χ3n) is 4.03. The highest BCUT2D eigenvalue weighted by atomic mass is 16.6. The zero-order chi connectivity index (χ0) is 14.6. The van der Waals surface area contributed by atoms with E-state index < -0.39 is 0 Å². The van der Waals surface area contributed by atoms with Gasteiger partial charge in [-0.25, -0.2) is 0 Å². The summed E-state index contributed by atoms with van der Waals surface area (Å²) in [5.74, 6) is 0. The molecule has 1 atom stereocenters. The number of nitrogens with one attached hydrogen (secondary N) is 1. The molecule has 0 amide bonds. The fourth-order valence-corrected chi connectivity index (χ4v) is 2.74. The summed E-state index contributed by atoms with van der Waals surface area (Å²) in [6.45, 7) is 6.52. The fraction of sp³-hybridized carbons (Fsp3) is 0.571. The number of nitrogens with zero attached hydrogens (tertiary/aromatic N) is 2. The van der Waals surface area contributed by atoms with Crippen LogP contribution in [0.2, 0.25) is 0 Å². The quantitative estimate of drug-likeness (QED) is 0.613. The van der Waals surface area contributed by atoms with Crippen LogP contribution in [0.15, 0.2) is 24.3 Å². The Bertz CT molecular complexity index is 474. The number of non-ortho nitro benzene ring substituents is 1. The molecule has 1 fully saturated rings. The van der Waals surface area contributed by atoms with Gasteiger partial charge in [0.25, 0.3) is 5.69 Å². The first kappa shape index (κ1) is 14.9. The van der Waals surface area contributed by atoms with E-state index in [-0.39, 0.29) is 16.1 Å². The third kappa shape index (κ3) is 3.33. The number of hydrogen-bond acceptors (Lipinski definition) is 5. The smallest absolute Gasteiger partial charge is 0.269 e. The Morgan fingerprint density at radius 2 is 2.15 bits per heavy atom. The van der Waals surface area contributed by atoms with Crippen LogP contribution in [0.3, 0.4) is 0 Å². The SMILES string of the molecule is CC(CN)(Cc1cccc([N+](=O)[O-])c1)N1CCNCC1. The van der Waals surface area contributed by atoms with Gasteiger partial charge in [0.15, 0.2) is 0 Å². The number of nitro benzene ring substituents is 1. The molecule has 1 aromatic rings. The molecule has 1 aliphatic rings. The van der Waals surface area contributed by atoms with Crippen molar-refractivity contribution in [3.63, 3.8) is 0 Å². The van der Waals surface area contributed by atoms with Gasteiger partial charge in [-0.05, 0) is 18.9 Å². The molecule has 1 aromatic carbocycles. The molecule has 0 spiro atoms. The molecule has 0 aromatic heterocycles. The van der Waals surface area contributed by atoms with Crippen molar-refractivity contribution >= 4 is 5.69 Å². The van der Waals surface area contributed by atoms with Crippen LogP contribution in [-0.4, -0.2) is 48.1 Å². The molecular weight excluding hydrogens is 256 g/mol. The van der Waals surface area contributed by atoms with Crippen molar-refractivity contribution in [3.05, 3.63) is 39.9 Å². The maximum Gasteiger partial charge on any atom is 0.269 e. The monoisotopic (exact) mass is 278 g/mol. The number of rotatable bonds is 5. The highest BCUT2D eigenvalue weighted by Gasteiger charge is 2.31. The maximum absolute atomic E-state index is 10.9. The van der Waals surface area contributed by atoms with E-state index in [0.717, 1.165) is 38.2 Å². The Hall–Kier alpha value is -1.50. The molecule has 3 N–H and O–H groups in total. The third-order valence-corrected chi connectivity index (χ3v) is 4.03. The highest BCUT2D eigenvalue weighted by molar-refractivity contribution is 5.35. The van der Waals surface area contributed by atoms with Gasteiger partial charge in [0.1, 0.15) is 0 Å². The van der Waals surface area contributed by atoms with Crippen molar-refractivity contribution in [2.24, 2.45) is 5.73 Å². The van der Waals surface area contributed by atoms with Crippen LogP contribution in [0.1, 0.15) is 12.5 Å². The normalized spacial score (nSPS) is 19.5. The average Bonchev–Trinajstić information content (AvgIpc) is 2.48. The summed E-state index contributed by atoms with van der Waals surface area (Å²) >= 11 is 0. The first-order chi connectivity index (χ1) is 9.55. The fourth-order valence-electron chi connectivity index (χ4n) is 2.74. The Kier molecular flexibility index (Phi) is 4.69. The van der Waals surface area contributed by atoms with Crippen LogP contribution in [0.4, 0.5) is 5.69 Å². The van der Waals surface area contributed by atoms with Crippen LogP contribution in [0.5, 0.6) is 0 Å². The van der Waals surface area contributed by atoms with Crippen LogP contribution in [0.25, 0.3) is 0 Å². The Balaban J connectivity index is 2.16. The minimum absolute atomic E-state index is 0.141. The van der Waals surface area contributed by atoms with E-state index in [0.29, 0.717) is 6.54 Å². The molecule has 0 aliphatic carbocycles. The predicted octanol–water partition coefficient (Wildman–Crippen LogP) is 0.760. The topological polar surface area (TPSA) is 84.4 Å². The van der Waals surface area contributed by atoms with Crippen molar-refractivity contribution in [1.29, 1.82) is 0 Å². The van der Waals surface area contributed by atoms with Crippen LogP contribution in [0, 0.1) is 10.1 Å². The lowest BCUT2D eigenvalue weighted by Gasteiger charge is -2.43. The Morgan fingerprint density at radius 3 is 2.75 bits per heavy atom. The van der Waals surface area contributed by atoms with Gasteiger partial charge in [-0.15, -0.1) is 0 Å². The van der Waals surface area contributed by atoms with Gasteiger partial charge < -0.3 is 11.1 Å². The first-order valence-electron chi connectivity index (χ1n) is 6.94. The molecule has 1 aliphatic heterocycles. The number of benzene rings is 1. The van der Waals surface area contributed by atoms with E-state index in [2.05, 4.69) is 17.1 Å². The summed E-state index contributed by atoms with van der Waals surface area (Å²) in [5.41, 5.74) is 6.94. The summed E-state index contributed by atoms with van der Waals surface area (Å²) in [6.07, 6.45) is 0.727. The summed E-state index contributed by atoms with van der Waals surface area (Å²) in [7, 11) is 0. The summed E-state index contributed by atoms with van der Waals surface area (Å²) in [5, 5.41) is 14.2. The number of nitrogens with two attached hydrogens (primary N) is 1. The van der Waals surface area contributed by atoms with Gasteiger partial charge in [0.2, 0.25) is 0 Å². The van der Waals surface area contributed by atoms with Crippen molar-refractivity contribution in [1.82, 2.24) is 10.2 Å². The second-order valence-electron chi connectivity index (χ2n) is 5.54. The lowest BCUT2D eigenvalue weighted by Crippen LogP contribution is -2.59. The van der Waals surface area contributed by atoms with Gasteiger partial charge in [-0.2, -0.15) is 0 Å². The molecule has 1 unspecified atom stereocenters. The lowest BCUT2D eigenvalue weighted by atomic mass is 9.90. The van der Waals surface area contributed by atoms with Crippen molar-refractivity contribution in [2.45, 2.75) is 18.9 Å². The van der Waals surface area contributed by atoms with Crippen LogP contribution >= 0.6 is 0 Å². The van der Waals surface area contributed by atoms with Crippen molar-refractivity contribution in [3.8, 4) is 0 Å². The van der Waals surface area contributed by atoms with Crippen LogP contribution in [-0.2, 0) is 6.42 Å². The molecule has 2 rings (SSSR count). The first-order valence-corrected chi connectivity index (χ1v) is 6.94. The second kappa shape index (κ2) is 6.30. The van der Waals surface area contributed by atoms with Gasteiger partial charge in [0.05, 0.1) is 4.92 Å². The minimum atomic E-state index is -0.353. The van der Waals surface area contributed by atoms with Crippen molar-refractivity contribution in [2.75, 3.05) is 32.7 Å². The molecule has 6 nitrogen and oxygen atoms in total. The summed E-state index contributed by atoms with van der Waals surface area (Å²) < 4.78 is 0. The van der Waals surface area contributed by atoms with Gasteiger partial charge in [-0.3, -0.25) is 15.0 Å². The molecular formula is C14H22N4O2. The Morgan fingerprint density at radius 1 is 1.45 bits per heavy atom. The lowest BCUT2D eigenvalue weighted by molar-refractivity contribution is -0.384. The summed E-state index contributed by atoms with van der Waals surface area (Å²) in [6, 6.07) is 6.84. The van der Waals surface area contributed by atoms with E-state index in [1.54, 1.807) is 12.1 Å². The number of piperazine rings is 1. The van der Waals surface area contributed by atoms with E-state index in [4.69, 9.17) is 5.73 Å². The predicted molar refractivity (Wildman–Crippen MR) is 78.7 cm³/mol. The standard InChI is InChI=1S/C14H22N4O2/c1-14(11-15,17-7-5-16-6-8-17)10-12-3-2-4-13(9-12)18(19)20/h2-4,9,16H,5-8,10-11,15H2,1H3. The van der Waals surface area contributed by atoms with E-state index in [1.807, 2.05) is 6.07 Å². The number of nitro groups is 1. The second-order valence-corrected chi connectivity index (χ2v) is 5.54. The molecule has 20 heavy (non-hydrogen) atoms. The van der Waals surface area contributed by atoms with Crippen LogP contribution < -0.4 is 11.1 Å². The molecule has 0 bridgehead atoms. The van der Waals surface area contributed by atoms with Gasteiger partial charge in [-0.1, -0.05) is 12.1 Å². The molecule has 0 radical (unpaired) electrons. The summed E-state index contributed by atoms with van der Waals surface area (Å²) in [4.78, 5) is 12.9. The van der Waals surface area contributed by atoms with Crippen molar-refractivity contribution < 1.29 is 4.92 Å². The molecule has 0 saturated carbocycles. The minimum Gasteiger partial charge on any atom is -0.329 e. The van der Waals surface area contributed by atoms with Gasteiger partial charge in [0, 0.05) is 50.4 Å². The zero-order valence-electron chi connectivity index (χ0n) is 11.8. The number of hydrogen-bond donors (Lipinski definition) is 2. The average molecular weight is 278 g/mol. The van der Waals surface area contributed by atoms with E-state index >= 15 is 0 Å². The molecule has 110 valence electrons. The van der Waals surface area contributed by atoms with E-state index in [9.17, 15) is 10.1 Å².